The molecule has 1 saturated heterocycles. The van der Waals surface area contributed by atoms with Crippen LogP contribution in [0.4, 0.5) is 0 Å². The number of aliphatic hydroxyl groups excluding tert-OH is 1. The van der Waals surface area contributed by atoms with Crippen LogP contribution in [0.5, 0.6) is 0 Å². The Kier molecular flexibility index (Phi) is 3.52. The predicted octanol–water partition coefficient (Wildman–Crippen LogP) is 1.24. The second-order valence-electron chi connectivity index (χ2n) is 4.21. The van der Waals surface area contributed by atoms with Crippen LogP contribution in [0.25, 0.3) is 0 Å². The maximum Gasteiger partial charge on any atom is 0.0474 e. The third-order valence-electron chi connectivity index (χ3n) is 3.27. The van der Waals surface area contributed by atoms with E-state index in [1.165, 1.54) is 37.2 Å². The Labute approximate surface area is 84.5 Å². The molecule has 3 unspecified atom stereocenters. The first-order valence-electron chi connectivity index (χ1n) is 5.35. The van der Waals surface area contributed by atoms with E-state index in [0.29, 0.717) is 18.6 Å². The van der Waals surface area contributed by atoms with E-state index < -0.39 is 0 Å². The van der Waals surface area contributed by atoms with Gasteiger partial charge < -0.3 is 10.4 Å². The fourth-order valence-electron chi connectivity index (χ4n) is 2.44. The molecule has 0 bridgehead atoms. The SMILES string of the molecule is OCC1CCCC1NC1CCSC1. The van der Waals surface area contributed by atoms with Crippen LogP contribution in [-0.2, 0) is 0 Å². The molecule has 0 amide bonds. The first-order valence-corrected chi connectivity index (χ1v) is 6.50. The van der Waals surface area contributed by atoms with Crippen LogP contribution in [0.1, 0.15) is 25.7 Å². The third kappa shape index (κ3) is 2.39. The molecule has 0 aromatic carbocycles. The fourth-order valence-corrected chi connectivity index (χ4v) is 3.61. The van der Waals surface area contributed by atoms with Crippen LogP contribution < -0.4 is 5.32 Å². The normalized spacial score (nSPS) is 39.9. The van der Waals surface area contributed by atoms with Crippen LogP contribution in [0.3, 0.4) is 0 Å². The predicted molar refractivity (Wildman–Crippen MR) is 57.1 cm³/mol. The molecular formula is C10H19NOS. The van der Waals surface area contributed by atoms with Crippen molar-refractivity contribution in [3.8, 4) is 0 Å². The molecule has 2 nitrogen and oxygen atoms in total. The van der Waals surface area contributed by atoms with Gasteiger partial charge in [-0.05, 0) is 30.9 Å². The number of thioether (sulfide) groups is 1. The maximum atomic E-state index is 9.17. The molecule has 13 heavy (non-hydrogen) atoms. The summed E-state index contributed by atoms with van der Waals surface area (Å²) < 4.78 is 0. The minimum absolute atomic E-state index is 0.373. The van der Waals surface area contributed by atoms with Gasteiger partial charge in [-0.3, -0.25) is 0 Å². The monoisotopic (exact) mass is 201 g/mol. The lowest BCUT2D eigenvalue weighted by Crippen LogP contribution is -2.41. The minimum Gasteiger partial charge on any atom is -0.396 e. The summed E-state index contributed by atoms with van der Waals surface area (Å²) in [6.07, 6.45) is 5.10. The summed E-state index contributed by atoms with van der Waals surface area (Å²) in [7, 11) is 0. The zero-order valence-corrected chi connectivity index (χ0v) is 8.85. The highest BCUT2D eigenvalue weighted by atomic mass is 32.2. The van der Waals surface area contributed by atoms with Crippen molar-refractivity contribution in [3.63, 3.8) is 0 Å². The molecule has 1 heterocycles. The summed E-state index contributed by atoms with van der Waals surface area (Å²) in [6, 6.07) is 1.33. The smallest absolute Gasteiger partial charge is 0.0474 e. The highest BCUT2D eigenvalue weighted by Gasteiger charge is 2.29. The van der Waals surface area contributed by atoms with Crippen LogP contribution in [0.2, 0.25) is 0 Å². The Morgan fingerprint density at radius 2 is 2.23 bits per heavy atom. The second-order valence-corrected chi connectivity index (χ2v) is 5.36. The van der Waals surface area contributed by atoms with Crippen molar-refractivity contribution in [1.29, 1.82) is 0 Å². The Morgan fingerprint density at radius 3 is 2.92 bits per heavy atom. The van der Waals surface area contributed by atoms with E-state index in [1.807, 2.05) is 11.8 Å². The highest BCUT2D eigenvalue weighted by Crippen LogP contribution is 2.27. The topological polar surface area (TPSA) is 32.3 Å². The summed E-state index contributed by atoms with van der Waals surface area (Å²) in [5.41, 5.74) is 0. The Bertz CT molecular complexity index is 159. The van der Waals surface area contributed by atoms with Crippen molar-refractivity contribution >= 4 is 11.8 Å². The Balaban J connectivity index is 1.79. The average molecular weight is 201 g/mol. The maximum absolute atomic E-state index is 9.17. The van der Waals surface area contributed by atoms with Gasteiger partial charge in [-0.15, -0.1) is 0 Å². The van der Waals surface area contributed by atoms with Gasteiger partial charge in [0.1, 0.15) is 0 Å². The van der Waals surface area contributed by atoms with Crippen molar-refractivity contribution in [2.45, 2.75) is 37.8 Å². The molecule has 2 fully saturated rings. The molecule has 0 aromatic rings. The molecule has 2 aliphatic rings. The van der Waals surface area contributed by atoms with Crippen LogP contribution in [0, 0.1) is 5.92 Å². The molecule has 0 radical (unpaired) electrons. The van der Waals surface area contributed by atoms with E-state index >= 15 is 0 Å². The summed E-state index contributed by atoms with van der Waals surface area (Å²) in [4.78, 5) is 0. The lowest BCUT2D eigenvalue weighted by atomic mass is 10.0. The van der Waals surface area contributed by atoms with Crippen molar-refractivity contribution in [1.82, 2.24) is 5.32 Å². The van der Waals surface area contributed by atoms with Gasteiger partial charge in [0.2, 0.25) is 0 Å². The number of nitrogens with one attached hydrogen (secondary N) is 1. The van der Waals surface area contributed by atoms with Crippen molar-refractivity contribution in [2.75, 3.05) is 18.1 Å². The molecule has 3 atom stereocenters. The second kappa shape index (κ2) is 4.67. The van der Waals surface area contributed by atoms with Gasteiger partial charge in [0.15, 0.2) is 0 Å². The zero-order valence-electron chi connectivity index (χ0n) is 8.04. The van der Waals surface area contributed by atoms with E-state index in [0.717, 1.165) is 6.04 Å². The van der Waals surface area contributed by atoms with Gasteiger partial charge >= 0.3 is 0 Å². The van der Waals surface area contributed by atoms with E-state index in [9.17, 15) is 0 Å². The summed E-state index contributed by atoms with van der Waals surface area (Å²) in [5, 5.41) is 12.9. The number of rotatable bonds is 3. The van der Waals surface area contributed by atoms with Crippen LogP contribution >= 0.6 is 11.8 Å². The molecule has 0 spiro atoms. The number of hydrogen-bond donors (Lipinski definition) is 2. The molecule has 1 saturated carbocycles. The van der Waals surface area contributed by atoms with E-state index in [4.69, 9.17) is 5.11 Å². The third-order valence-corrected chi connectivity index (χ3v) is 4.44. The largest absolute Gasteiger partial charge is 0.396 e. The van der Waals surface area contributed by atoms with E-state index in [-0.39, 0.29) is 0 Å². The number of aliphatic hydroxyl groups is 1. The van der Waals surface area contributed by atoms with Gasteiger partial charge in [-0.2, -0.15) is 11.8 Å². The molecule has 76 valence electrons. The molecule has 2 N–H and O–H groups in total. The fraction of sp³-hybridized carbons (Fsp3) is 1.00. The van der Waals surface area contributed by atoms with Gasteiger partial charge in [-0.25, -0.2) is 0 Å². The Hall–Kier alpha value is 0.270. The van der Waals surface area contributed by atoms with E-state index in [1.54, 1.807) is 0 Å². The van der Waals surface area contributed by atoms with Gasteiger partial charge in [0, 0.05) is 24.4 Å². The van der Waals surface area contributed by atoms with E-state index in [2.05, 4.69) is 5.32 Å². The summed E-state index contributed by atoms with van der Waals surface area (Å²) in [5.74, 6) is 3.12. The highest BCUT2D eigenvalue weighted by molar-refractivity contribution is 7.99. The zero-order chi connectivity index (χ0) is 9.10. The first kappa shape index (κ1) is 9.81. The Morgan fingerprint density at radius 1 is 1.31 bits per heavy atom. The van der Waals surface area contributed by atoms with Crippen molar-refractivity contribution < 1.29 is 5.11 Å². The average Bonchev–Trinajstić information content (AvgIpc) is 2.76. The number of hydrogen-bond acceptors (Lipinski definition) is 3. The van der Waals surface area contributed by atoms with Gasteiger partial charge in [-0.1, -0.05) is 6.42 Å². The molecule has 1 aliphatic heterocycles. The molecule has 0 aromatic heterocycles. The van der Waals surface area contributed by atoms with Crippen molar-refractivity contribution in [3.05, 3.63) is 0 Å². The standard InChI is InChI=1S/C10H19NOS/c12-6-8-2-1-3-10(8)11-9-4-5-13-7-9/h8-12H,1-7H2. The van der Waals surface area contributed by atoms with Gasteiger partial charge in [0.05, 0.1) is 0 Å². The molecule has 3 heteroatoms. The summed E-state index contributed by atoms with van der Waals surface area (Å²) in [6.45, 7) is 0.373. The minimum atomic E-state index is 0.373. The lowest BCUT2D eigenvalue weighted by molar-refractivity contribution is 0.201. The first-order chi connectivity index (χ1) is 6.40. The van der Waals surface area contributed by atoms with Gasteiger partial charge in [0.25, 0.3) is 0 Å². The molecule has 1 aliphatic carbocycles. The van der Waals surface area contributed by atoms with Crippen LogP contribution in [-0.4, -0.2) is 35.3 Å². The molecule has 2 rings (SSSR count). The van der Waals surface area contributed by atoms with Crippen LogP contribution in [0.15, 0.2) is 0 Å². The molecular weight excluding hydrogens is 182 g/mol. The van der Waals surface area contributed by atoms with Crippen molar-refractivity contribution in [2.24, 2.45) is 5.92 Å². The quantitative estimate of drug-likeness (QED) is 0.720. The lowest BCUT2D eigenvalue weighted by Gasteiger charge is -2.22. The summed E-state index contributed by atoms with van der Waals surface area (Å²) >= 11 is 2.05.